The maximum Gasteiger partial charge on any atom is 0.288 e. The largest absolute Gasteiger partial charge is 0.352 e. The zero-order valence-electron chi connectivity index (χ0n) is 8.61. The Bertz CT molecular complexity index is 522. The summed E-state index contributed by atoms with van der Waals surface area (Å²) in [5.74, 6) is -0.0636. The van der Waals surface area contributed by atoms with Crippen LogP contribution in [0.5, 0.6) is 0 Å². The molecule has 1 heterocycles. The van der Waals surface area contributed by atoms with Crippen molar-refractivity contribution in [3.8, 4) is 0 Å². The van der Waals surface area contributed by atoms with Gasteiger partial charge in [-0.2, -0.15) is 0 Å². The van der Waals surface area contributed by atoms with E-state index >= 15 is 0 Å². The number of fused-ring (bicyclic) bond motifs is 1. The number of aromatic nitrogens is 2. The normalized spacial score (nSPS) is 10.3. The number of carbonyl (C=O) groups excluding carboxylic acids is 1. The van der Waals surface area contributed by atoms with E-state index in [9.17, 15) is 4.79 Å². The summed E-state index contributed by atoms with van der Waals surface area (Å²) in [7, 11) is 1.56. The second kappa shape index (κ2) is 3.65. The molecule has 0 radical (unpaired) electrons. The van der Waals surface area contributed by atoms with Crippen LogP contribution in [-0.4, -0.2) is 22.9 Å². The minimum absolute atomic E-state index is 0.203. The molecular weight excluding hydrogens is 190 g/mol. The second-order valence-corrected chi connectivity index (χ2v) is 3.34. The lowest BCUT2D eigenvalue weighted by molar-refractivity contribution is 0.0953. The summed E-state index contributed by atoms with van der Waals surface area (Å²) in [4.78, 5) is 19.4. The van der Waals surface area contributed by atoms with Crippen molar-refractivity contribution in [2.24, 2.45) is 0 Å². The number of rotatable bonds is 1. The van der Waals surface area contributed by atoms with Crippen molar-refractivity contribution in [1.82, 2.24) is 15.3 Å². The van der Waals surface area contributed by atoms with Gasteiger partial charge in [-0.15, -0.1) is 0 Å². The van der Waals surface area contributed by atoms with Gasteiger partial charge in [0.1, 0.15) is 0 Å². The monoisotopic (exact) mass is 201 g/mol. The summed E-state index contributed by atoms with van der Waals surface area (Å²) >= 11 is 0. The molecule has 0 saturated carbocycles. The Morgan fingerprint density at radius 1 is 1.40 bits per heavy atom. The minimum atomic E-state index is -0.266. The molecule has 1 N–H and O–H groups in total. The zero-order chi connectivity index (χ0) is 10.8. The third-order valence-corrected chi connectivity index (χ3v) is 2.17. The Morgan fingerprint density at radius 3 is 2.93 bits per heavy atom. The third-order valence-electron chi connectivity index (χ3n) is 2.17. The highest BCUT2D eigenvalue weighted by Crippen LogP contribution is 2.12. The predicted molar refractivity (Wildman–Crippen MR) is 57.7 cm³/mol. The molecule has 15 heavy (non-hydrogen) atoms. The third kappa shape index (κ3) is 1.79. The lowest BCUT2D eigenvalue weighted by atomic mass is 10.2. The first-order valence-electron chi connectivity index (χ1n) is 4.66. The molecule has 4 heteroatoms. The van der Waals surface area contributed by atoms with Crippen LogP contribution in [0.25, 0.3) is 10.9 Å². The highest BCUT2D eigenvalue weighted by Gasteiger charge is 2.07. The molecular formula is C11H11N3O. The zero-order valence-corrected chi connectivity index (χ0v) is 8.61. The SMILES string of the molecule is CNC(=O)c1ncc2cc(C)ccc2n1. The fraction of sp³-hybridized carbons (Fsp3) is 0.182. The van der Waals surface area contributed by atoms with E-state index in [1.54, 1.807) is 13.2 Å². The van der Waals surface area contributed by atoms with Crippen molar-refractivity contribution in [3.05, 3.63) is 35.8 Å². The molecule has 0 unspecified atom stereocenters. The van der Waals surface area contributed by atoms with Gasteiger partial charge in [-0.05, 0) is 19.1 Å². The number of nitrogens with zero attached hydrogens (tertiary/aromatic N) is 2. The minimum Gasteiger partial charge on any atom is -0.352 e. The van der Waals surface area contributed by atoms with E-state index in [-0.39, 0.29) is 11.7 Å². The smallest absolute Gasteiger partial charge is 0.288 e. The van der Waals surface area contributed by atoms with E-state index in [1.807, 2.05) is 25.1 Å². The molecule has 0 aliphatic rings. The van der Waals surface area contributed by atoms with Crippen LogP contribution in [0.4, 0.5) is 0 Å². The van der Waals surface area contributed by atoms with Crippen LogP contribution in [0.3, 0.4) is 0 Å². The fourth-order valence-corrected chi connectivity index (χ4v) is 1.37. The van der Waals surface area contributed by atoms with E-state index in [1.165, 1.54) is 0 Å². The van der Waals surface area contributed by atoms with Gasteiger partial charge in [0.2, 0.25) is 5.82 Å². The second-order valence-electron chi connectivity index (χ2n) is 3.34. The molecule has 0 bridgehead atoms. The summed E-state index contributed by atoms with van der Waals surface area (Å²) in [5.41, 5.74) is 1.94. The number of amides is 1. The van der Waals surface area contributed by atoms with Gasteiger partial charge < -0.3 is 5.32 Å². The molecule has 76 valence electrons. The van der Waals surface area contributed by atoms with Crippen LogP contribution in [0.1, 0.15) is 16.2 Å². The van der Waals surface area contributed by atoms with E-state index in [0.717, 1.165) is 16.5 Å². The predicted octanol–water partition coefficient (Wildman–Crippen LogP) is 1.30. The average molecular weight is 201 g/mol. The Balaban J connectivity index is 2.57. The Kier molecular flexibility index (Phi) is 2.33. The Labute approximate surface area is 87.4 Å². The van der Waals surface area contributed by atoms with Gasteiger partial charge in [0, 0.05) is 18.6 Å². The van der Waals surface area contributed by atoms with E-state index < -0.39 is 0 Å². The van der Waals surface area contributed by atoms with Gasteiger partial charge in [0.25, 0.3) is 5.91 Å². The molecule has 1 aromatic heterocycles. The van der Waals surface area contributed by atoms with Crippen molar-refractivity contribution < 1.29 is 4.79 Å². The molecule has 4 nitrogen and oxygen atoms in total. The topological polar surface area (TPSA) is 54.9 Å². The summed E-state index contributed by atoms with van der Waals surface area (Å²) < 4.78 is 0. The first-order chi connectivity index (χ1) is 7.20. The fourth-order valence-electron chi connectivity index (χ4n) is 1.37. The van der Waals surface area contributed by atoms with Crippen LogP contribution in [0.15, 0.2) is 24.4 Å². The molecule has 0 saturated heterocycles. The number of carbonyl (C=O) groups is 1. The van der Waals surface area contributed by atoms with Crippen LogP contribution in [0, 0.1) is 6.92 Å². The lowest BCUT2D eigenvalue weighted by Crippen LogP contribution is -2.20. The van der Waals surface area contributed by atoms with Gasteiger partial charge >= 0.3 is 0 Å². The van der Waals surface area contributed by atoms with Crippen LogP contribution in [0.2, 0.25) is 0 Å². The van der Waals surface area contributed by atoms with Crippen LogP contribution >= 0.6 is 0 Å². The number of nitrogens with one attached hydrogen (secondary N) is 1. The molecule has 0 aliphatic heterocycles. The van der Waals surface area contributed by atoms with Gasteiger partial charge in [0.15, 0.2) is 0 Å². The van der Waals surface area contributed by atoms with Gasteiger partial charge in [0.05, 0.1) is 5.52 Å². The molecule has 1 aromatic carbocycles. The van der Waals surface area contributed by atoms with Crippen LogP contribution < -0.4 is 5.32 Å². The van der Waals surface area contributed by atoms with Crippen molar-refractivity contribution in [2.75, 3.05) is 7.05 Å². The molecule has 0 fully saturated rings. The molecule has 2 aromatic rings. The Hall–Kier alpha value is -1.97. The van der Waals surface area contributed by atoms with Gasteiger partial charge in [-0.1, -0.05) is 11.6 Å². The number of hydrogen-bond acceptors (Lipinski definition) is 3. The number of hydrogen-bond donors (Lipinski definition) is 1. The molecule has 0 aliphatic carbocycles. The standard InChI is InChI=1S/C11H11N3O/c1-7-3-4-9-8(5-7)6-13-10(14-9)11(15)12-2/h3-6H,1-2H3,(H,12,15). The van der Waals surface area contributed by atoms with Crippen LogP contribution in [-0.2, 0) is 0 Å². The van der Waals surface area contributed by atoms with Crippen molar-refractivity contribution in [1.29, 1.82) is 0 Å². The highest BCUT2D eigenvalue weighted by atomic mass is 16.2. The summed E-state index contributed by atoms with van der Waals surface area (Å²) in [6.45, 7) is 2.01. The molecule has 2 rings (SSSR count). The maximum atomic E-state index is 11.3. The number of aryl methyl sites for hydroxylation is 1. The maximum absolute atomic E-state index is 11.3. The summed E-state index contributed by atoms with van der Waals surface area (Å²) in [6.07, 6.45) is 1.67. The summed E-state index contributed by atoms with van der Waals surface area (Å²) in [6, 6.07) is 5.84. The molecule has 1 amide bonds. The van der Waals surface area contributed by atoms with E-state index in [2.05, 4.69) is 15.3 Å². The number of benzene rings is 1. The first kappa shape index (κ1) is 9.58. The van der Waals surface area contributed by atoms with Crippen molar-refractivity contribution >= 4 is 16.8 Å². The average Bonchev–Trinajstić information content (AvgIpc) is 2.27. The highest BCUT2D eigenvalue weighted by molar-refractivity contribution is 5.92. The molecule has 0 atom stereocenters. The van der Waals surface area contributed by atoms with E-state index in [0.29, 0.717) is 0 Å². The van der Waals surface area contributed by atoms with Gasteiger partial charge in [-0.25, -0.2) is 9.97 Å². The summed E-state index contributed by atoms with van der Waals surface area (Å²) in [5, 5.41) is 3.44. The lowest BCUT2D eigenvalue weighted by Gasteiger charge is -2.01. The quantitative estimate of drug-likeness (QED) is 0.756. The van der Waals surface area contributed by atoms with Gasteiger partial charge in [-0.3, -0.25) is 4.79 Å². The first-order valence-corrected chi connectivity index (χ1v) is 4.66. The van der Waals surface area contributed by atoms with E-state index in [4.69, 9.17) is 0 Å². The molecule has 0 spiro atoms. The Morgan fingerprint density at radius 2 is 2.20 bits per heavy atom. The van der Waals surface area contributed by atoms with Crippen molar-refractivity contribution in [2.45, 2.75) is 6.92 Å². The van der Waals surface area contributed by atoms with Crippen molar-refractivity contribution in [3.63, 3.8) is 0 Å².